The summed E-state index contributed by atoms with van der Waals surface area (Å²) in [5.41, 5.74) is 0.205. The number of nitrogens with one attached hydrogen (secondary N) is 2. The molecule has 2 amide bonds. The molecule has 1 aromatic heterocycles. The summed E-state index contributed by atoms with van der Waals surface area (Å²) < 4.78 is 43.1. The molecule has 0 unspecified atom stereocenters. The fourth-order valence-corrected chi connectivity index (χ4v) is 2.46. The molecule has 0 aliphatic carbocycles. The number of nitrogens with zero attached hydrogens (tertiary/aromatic N) is 1. The van der Waals surface area contributed by atoms with Gasteiger partial charge in [0.25, 0.3) is 0 Å². The Hall–Kier alpha value is -3.73. The Morgan fingerprint density at radius 2 is 1.79 bits per heavy atom. The first-order chi connectivity index (χ1) is 13.9. The molecule has 2 aromatic carbocycles. The van der Waals surface area contributed by atoms with Crippen molar-refractivity contribution in [1.82, 2.24) is 10.3 Å². The van der Waals surface area contributed by atoms with Crippen molar-refractivity contribution in [1.29, 1.82) is 0 Å². The van der Waals surface area contributed by atoms with Gasteiger partial charge < -0.3 is 15.4 Å². The van der Waals surface area contributed by atoms with Crippen molar-refractivity contribution in [3.63, 3.8) is 0 Å². The Balaban J connectivity index is 1.43. The van der Waals surface area contributed by atoms with E-state index in [-0.39, 0.29) is 18.8 Å². The van der Waals surface area contributed by atoms with Crippen LogP contribution in [0.2, 0.25) is 0 Å². The Labute approximate surface area is 164 Å². The van der Waals surface area contributed by atoms with Crippen molar-refractivity contribution in [2.24, 2.45) is 0 Å². The minimum atomic E-state index is -4.42. The summed E-state index contributed by atoms with van der Waals surface area (Å²) >= 11 is 0. The SMILES string of the molecule is O=C(NCC#CCOc1cccc2cccnc12)Nc1ccc(C(F)(F)F)cc1. The van der Waals surface area contributed by atoms with Gasteiger partial charge in [0.15, 0.2) is 0 Å². The van der Waals surface area contributed by atoms with Crippen LogP contribution < -0.4 is 15.4 Å². The van der Waals surface area contributed by atoms with Gasteiger partial charge >= 0.3 is 12.2 Å². The molecular formula is C21H16F3N3O2. The Bertz CT molecular complexity index is 1050. The molecule has 0 saturated heterocycles. The molecule has 0 atom stereocenters. The second-order valence-corrected chi connectivity index (χ2v) is 5.86. The maximum Gasteiger partial charge on any atom is 0.416 e. The highest BCUT2D eigenvalue weighted by atomic mass is 19.4. The molecule has 0 saturated carbocycles. The van der Waals surface area contributed by atoms with Crippen molar-refractivity contribution >= 4 is 22.6 Å². The number of anilines is 1. The van der Waals surface area contributed by atoms with Crippen molar-refractivity contribution in [2.75, 3.05) is 18.5 Å². The number of rotatable bonds is 4. The number of aromatic nitrogens is 1. The molecule has 0 aliphatic heterocycles. The van der Waals surface area contributed by atoms with E-state index >= 15 is 0 Å². The lowest BCUT2D eigenvalue weighted by molar-refractivity contribution is -0.137. The summed E-state index contributed by atoms with van der Waals surface area (Å²) in [4.78, 5) is 16.0. The average molecular weight is 399 g/mol. The number of hydrogen-bond acceptors (Lipinski definition) is 3. The lowest BCUT2D eigenvalue weighted by atomic mass is 10.2. The van der Waals surface area contributed by atoms with Crippen LogP contribution >= 0.6 is 0 Å². The summed E-state index contributed by atoms with van der Waals surface area (Å²) in [5.74, 6) is 6.12. The van der Waals surface area contributed by atoms with E-state index < -0.39 is 17.8 Å². The van der Waals surface area contributed by atoms with Crippen molar-refractivity contribution in [3.05, 3.63) is 66.4 Å². The zero-order valence-corrected chi connectivity index (χ0v) is 15.1. The lowest BCUT2D eigenvalue weighted by Gasteiger charge is -2.08. The van der Waals surface area contributed by atoms with Crippen LogP contribution in [0.4, 0.5) is 23.7 Å². The number of urea groups is 1. The van der Waals surface area contributed by atoms with Gasteiger partial charge in [0.05, 0.1) is 12.1 Å². The van der Waals surface area contributed by atoms with Crippen LogP contribution in [0, 0.1) is 11.8 Å². The number of alkyl halides is 3. The standard InChI is InChI=1S/C21H16F3N3O2/c22-21(23,24)16-8-10-17(11-9-16)27-20(28)26-12-1-2-14-29-18-7-3-5-15-6-4-13-25-19(15)18/h3-11,13H,12,14H2,(H2,26,27,28). The summed E-state index contributed by atoms with van der Waals surface area (Å²) in [7, 11) is 0. The molecule has 3 rings (SSSR count). The average Bonchev–Trinajstić information content (AvgIpc) is 2.70. The number of para-hydroxylation sites is 1. The number of carbonyl (C=O) groups is 1. The van der Waals surface area contributed by atoms with E-state index in [1.807, 2.05) is 24.3 Å². The van der Waals surface area contributed by atoms with E-state index in [0.29, 0.717) is 5.75 Å². The highest BCUT2D eigenvalue weighted by Crippen LogP contribution is 2.29. The van der Waals surface area contributed by atoms with Gasteiger partial charge in [-0.3, -0.25) is 4.98 Å². The Kier molecular flexibility index (Phi) is 6.19. The number of pyridine rings is 1. The fourth-order valence-electron chi connectivity index (χ4n) is 2.46. The molecule has 0 radical (unpaired) electrons. The molecular weight excluding hydrogens is 383 g/mol. The molecule has 0 bridgehead atoms. The number of ether oxygens (including phenoxy) is 1. The highest BCUT2D eigenvalue weighted by molar-refractivity contribution is 5.89. The second kappa shape index (κ2) is 8.97. The number of amides is 2. The maximum absolute atomic E-state index is 12.5. The summed E-state index contributed by atoms with van der Waals surface area (Å²) in [6.45, 7) is 0.182. The predicted molar refractivity (Wildman–Crippen MR) is 103 cm³/mol. The molecule has 5 nitrogen and oxygen atoms in total. The minimum Gasteiger partial charge on any atom is -0.479 e. The van der Waals surface area contributed by atoms with Gasteiger partial charge in [0.2, 0.25) is 0 Å². The second-order valence-electron chi connectivity index (χ2n) is 5.86. The van der Waals surface area contributed by atoms with Crippen LogP contribution in [0.5, 0.6) is 5.75 Å². The molecule has 1 heterocycles. The van der Waals surface area contributed by atoms with E-state index in [9.17, 15) is 18.0 Å². The first-order valence-corrected chi connectivity index (χ1v) is 8.58. The fraction of sp³-hybridized carbons (Fsp3) is 0.143. The Morgan fingerprint density at radius 1 is 1.03 bits per heavy atom. The van der Waals surface area contributed by atoms with E-state index in [2.05, 4.69) is 27.5 Å². The van der Waals surface area contributed by atoms with E-state index in [1.165, 1.54) is 12.1 Å². The monoisotopic (exact) mass is 399 g/mol. The number of fused-ring (bicyclic) bond motifs is 1. The quantitative estimate of drug-likeness (QED) is 0.637. The molecule has 0 aliphatic rings. The highest BCUT2D eigenvalue weighted by Gasteiger charge is 2.29. The lowest BCUT2D eigenvalue weighted by Crippen LogP contribution is -2.29. The Morgan fingerprint density at radius 3 is 2.55 bits per heavy atom. The van der Waals surface area contributed by atoms with Gasteiger partial charge in [0, 0.05) is 17.3 Å². The van der Waals surface area contributed by atoms with Crippen LogP contribution in [-0.2, 0) is 6.18 Å². The normalized spacial score (nSPS) is 10.7. The molecule has 2 N–H and O–H groups in total. The minimum absolute atomic E-state index is 0.0591. The van der Waals surface area contributed by atoms with Crippen LogP contribution in [0.3, 0.4) is 0 Å². The first kappa shape index (κ1) is 20.0. The van der Waals surface area contributed by atoms with Gasteiger partial charge in [0.1, 0.15) is 17.9 Å². The molecule has 3 aromatic rings. The summed E-state index contributed by atoms with van der Waals surface area (Å²) in [6, 6.07) is 12.9. The zero-order valence-electron chi connectivity index (χ0n) is 15.1. The van der Waals surface area contributed by atoms with Crippen molar-refractivity contribution < 1.29 is 22.7 Å². The first-order valence-electron chi connectivity index (χ1n) is 8.58. The molecule has 148 valence electrons. The molecule has 29 heavy (non-hydrogen) atoms. The van der Waals surface area contributed by atoms with E-state index in [4.69, 9.17) is 4.74 Å². The molecule has 0 spiro atoms. The third kappa shape index (κ3) is 5.62. The molecule has 0 fully saturated rings. The van der Waals surface area contributed by atoms with E-state index in [1.54, 1.807) is 12.3 Å². The van der Waals surface area contributed by atoms with Gasteiger partial charge in [-0.2, -0.15) is 13.2 Å². The number of hydrogen-bond donors (Lipinski definition) is 2. The smallest absolute Gasteiger partial charge is 0.416 e. The third-order valence-electron chi connectivity index (χ3n) is 3.83. The maximum atomic E-state index is 12.5. The van der Waals surface area contributed by atoms with Gasteiger partial charge in [-0.1, -0.05) is 30.0 Å². The van der Waals surface area contributed by atoms with Crippen molar-refractivity contribution in [3.8, 4) is 17.6 Å². The van der Waals surface area contributed by atoms with Gasteiger partial charge in [-0.25, -0.2) is 4.79 Å². The predicted octanol–water partition coefficient (Wildman–Crippen LogP) is 4.46. The number of carbonyl (C=O) groups excluding carboxylic acids is 1. The summed E-state index contributed by atoms with van der Waals surface area (Å²) in [5, 5.41) is 5.88. The molecule has 8 heteroatoms. The van der Waals surface area contributed by atoms with Crippen LogP contribution in [-0.4, -0.2) is 24.2 Å². The van der Waals surface area contributed by atoms with Crippen LogP contribution in [0.25, 0.3) is 10.9 Å². The third-order valence-corrected chi connectivity index (χ3v) is 3.83. The number of halogens is 3. The van der Waals surface area contributed by atoms with Gasteiger partial charge in [-0.15, -0.1) is 0 Å². The van der Waals surface area contributed by atoms with Crippen molar-refractivity contribution in [2.45, 2.75) is 6.18 Å². The van der Waals surface area contributed by atoms with Gasteiger partial charge in [-0.05, 0) is 36.4 Å². The summed E-state index contributed by atoms with van der Waals surface area (Å²) in [6.07, 6.45) is -2.74. The van der Waals surface area contributed by atoms with Crippen LogP contribution in [0.1, 0.15) is 5.56 Å². The zero-order chi connectivity index (χ0) is 20.7. The van der Waals surface area contributed by atoms with E-state index in [0.717, 1.165) is 23.0 Å². The number of benzene rings is 2. The largest absolute Gasteiger partial charge is 0.479 e. The topological polar surface area (TPSA) is 63.2 Å². The van der Waals surface area contributed by atoms with Crippen LogP contribution in [0.15, 0.2) is 60.8 Å².